The molecule has 17 heavy (non-hydrogen) atoms. The average Bonchev–Trinajstić information content (AvgIpc) is 2.81. The van der Waals surface area contributed by atoms with Crippen LogP contribution in [0.3, 0.4) is 0 Å². The van der Waals surface area contributed by atoms with Gasteiger partial charge in [0.1, 0.15) is 4.88 Å². The maximum Gasteiger partial charge on any atom is 0.263 e. The smallest absolute Gasteiger partial charge is 0.263 e. The molecule has 4 nitrogen and oxygen atoms in total. The molecule has 1 aromatic heterocycles. The van der Waals surface area contributed by atoms with Crippen LogP contribution < -0.4 is 10.6 Å². The second-order valence-corrected chi connectivity index (χ2v) is 5.98. The summed E-state index contributed by atoms with van der Waals surface area (Å²) in [5.41, 5.74) is 2.04. The zero-order valence-electron chi connectivity index (χ0n) is 9.74. The van der Waals surface area contributed by atoms with Crippen LogP contribution in [0.1, 0.15) is 41.8 Å². The number of aromatic nitrogens is 1. The van der Waals surface area contributed by atoms with Gasteiger partial charge in [0.05, 0.1) is 11.7 Å². The van der Waals surface area contributed by atoms with Gasteiger partial charge in [-0.1, -0.05) is 0 Å². The molecule has 1 aliphatic carbocycles. The van der Waals surface area contributed by atoms with Crippen molar-refractivity contribution in [2.75, 3.05) is 6.54 Å². The summed E-state index contributed by atoms with van der Waals surface area (Å²) in [4.78, 5) is 16.6. The number of thiazole rings is 1. The van der Waals surface area contributed by atoms with Crippen molar-refractivity contribution in [3.05, 3.63) is 16.6 Å². The van der Waals surface area contributed by atoms with Gasteiger partial charge in [0.2, 0.25) is 0 Å². The van der Waals surface area contributed by atoms with E-state index in [1.165, 1.54) is 30.6 Å². The van der Waals surface area contributed by atoms with Crippen molar-refractivity contribution >= 4 is 17.2 Å². The lowest BCUT2D eigenvalue weighted by atomic mass is 9.70. The van der Waals surface area contributed by atoms with Crippen LogP contribution >= 0.6 is 11.3 Å². The van der Waals surface area contributed by atoms with Crippen molar-refractivity contribution in [3.63, 3.8) is 0 Å². The molecule has 1 spiro atoms. The molecular formula is C12H17N3OS. The minimum absolute atomic E-state index is 0.0360. The minimum Gasteiger partial charge on any atom is -0.348 e. The monoisotopic (exact) mass is 251 g/mol. The molecule has 1 amide bonds. The second kappa shape index (κ2) is 4.38. The number of rotatable bonds is 2. The van der Waals surface area contributed by atoms with E-state index < -0.39 is 0 Å². The highest BCUT2D eigenvalue weighted by Gasteiger charge is 2.41. The SMILES string of the molecule is O=C(NC1CCNC2(CCC2)C1)c1cncs1. The maximum atomic E-state index is 11.9. The Balaban J connectivity index is 1.60. The van der Waals surface area contributed by atoms with Crippen LogP contribution in [-0.2, 0) is 0 Å². The standard InChI is InChI=1S/C12H17N3OS/c16-11(10-7-13-8-17-10)15-9-2-5-14-12(6-9)3-1-4-12/h7-9,14H,1-6H2,(H,15,16). The first-order chi connectivity index (χ1) is 8.27. The summed E-state index contributed by atoms with van der Waals surface area (Å²) >= 11 is 1.40. The molecule has 1 atom stereocenters. The van der Waals surface area contributed by atoms with Crippen LogP contribution in [0.15, 0.2) is 11.7 Å². The summed E-state index contributed by atoms with van der Waals surface area (Å²) in [6.07, 6.45) is 7.60. The molecule has 2 N–H and O–H groups in total. The zero-order chi connectivity index (χ0) is 11.7. The highest BCUT2D eigenvalue weighted by atomic mass is 32.1. The maximum absolute atomic E-state index is 11.9. The van der Waals surface area contributed by atoms with Gasteiger partial charge in [-0.3, -0.25) is 9.78 Å². The first kappa shape index (κ1) is 11.2. The van der Waals surface area contributed by atoms with Crippen LogP contribution in [-0.4, -0.2) is 29.0 Å². The number of carbonyl (C=O) groups is 1. The van der Waals surface area contributed by atoms with Gasteiger partial charge in [0, 0.05) is 11.6 Å². The topological polar surface area (TPSA) is 54.0 Å². The Labute approximate surface area is 105 Å². The number of hydrogen-bond donors (Lipinski definition) is 2. The van der Waals surface area contributed by atoms with Crippen LogP contribution in [0.5, 0.6) is 0 Å². The highest BCUT2D eigenvalue weighted by molar-refractivity contribution is 7.11. The van der Waals surface area contributed by atoms with E-state index >= 15 is 0 Å². The van der Waals surface area contributed by atoms with E-state index in [0.717, 1.165) is 19.4 Å². The van der Waals surface area contributed by atoms with Gasteiger partial charge in [0.15, 0.2) is 0 Å². The third-order valence-electron chi connectivity index (χ3n) is 3.93. The van der Waals surface area contributed by atoms with Crippen LogP contribution in [0, 0.1) is 0 Å². The molecule has 0 aromatic carbocycles. The zero-order valence-corrected chi connectivity index (χ0v) is 10.6. The fourth-order valence-electron chi connectivity index (χ4n) is 2.85. The number of piperidine rings is 1. The average molecular weight is 251 g/mol. The van der Waals surface area contributed by atoms with Crippen molar-refractivity contribution in [2.24, 2.45) is 0 Å². The lowest BCUT2D eigenvalue weighted by Gasteiger charge is -2.48. The molecule has 3 rings (SSSR count). The summed E-state index contributed by atoms with van der Waals surface area (Å²) in [6, 6.07) is 0.325. The Morgan fingerprint density at radius 2 is 2.47 bits per heavy atom. The van der Waals surface area contributed by atoms with Gasteiger partial charge < -0.3 is 10.6 Å². The minimum atomic E-state index is 0.0360. The van der Waals surface area contributed by atoms with E-state index in [1.54, 1.807) is 11.7 Å². The van der Waals surface area contributed by atoms with E-state index in [9.17, 15) is 4.79 Å². The van der Waals surface area contributed by atoms with Crippen molar-refractivity contribution in [2.45, 2.75) is 43.7 Å². The quantitative estimate of drug-likeness (QED) is 0.838. The molecule has 0 bridgehead atoms. The first-order valence-electron chi connectivity index (χ1n) is 6.22. The molecule has 1 saturated heterocycles. The van der Waals surface area contributed by atoms with E-state index in [1.807, 2.05) is 0 Å². The van der Waals surface area contributed by atoms with E-state index in [4.69, 9.17) is 0 Å². The van der Waals surface area contributed by atoms with Crippen LogP contribution in [0.2, 0.25) is 0 Å². The molecule has 1 saturated carbocycles. The largest absolute Gasteiger partial charge is 0.348 e. The van der Waals surface area contributed by atoms with Gasteiger partial charge in [-0.2, -0.15) is 0 Å². The van der Waals surface area contributed by atoms with E-state index in [0.29, 0.717) is 16.5 Å². The third-order valence-corrected chi connectivity index (χ3v) is 4.70. The lowest BCUT2D eigenvalue weighted by Crippen LogP contribution is -2.59. The third kappa shape index (κ3) is 2.21. The summed E-state index contributed by atoms with van der Waals surface area (Å²) in [7, 11) is 0. The molecular weight excluding hydrogens is 234 g/mol. The molecule has 92 valence electrons. The fraction of sp³-hybridized carbons (Fsp3) is 0.667. The number of amides is 1. The Bertz CT molecular complexity index is 400. The lowest BCUT2D eigenvalue weighted by molar-refractivity contribution is 0.0856. The predicted octanol–water partition coefficient (Wildman–Crippen LogP) is 1.55. The number of hydrogen-bond acceptors (Lipinski definition) is 4. The molecule has 2 fully saturated rings. The van der Waals surface area contributed by atoms with Crippen molar-refractivity contribution in [3.8, 4) is 0 Å². The summed E-state index contributed by atoms with van der Waals surface area (Å²) < 4.78 is 0. The van der Waals surface area contributed by atoms with Gasteiger partial charge >= 0.3 is 0 Å². The summed E-state index contributed by atoms with van der Waals surface area (Å²) in [5.74, 6) is 0.0360. The Kier molecular flexibility index (Phi) is 2.88. The van der Waals surface area contributed by atoms with Crippen LogP contribution in [0.4, 0.5) is 0 Å². The second-order valence-electron chi connectivity index (χ2n) is 5.09. The number of carbonyl (C=O) groups excluding carboxylic acids is 1. The fourth-order valence-corrected chi connectivity index (χ4v) is 3.37. The van der Waals surface area contributed by atoms with Gasteiger partial charge in [-0.25, -0.2) is 0 Å². The van der Waals surface area contributed by atoms with Crippen molar-refractivity contribution in [1.29, 1.82) is 0 Å². The highest BCUT2D eigenvalue weighted by Crippen LogP contribution is 2.38. The van der Waals surface area contributed by atoms with Gasteiger partial charge in [-0.05, 0) is 38.6 Å². The van der Waals surface area contributed by atoms with Gasteiger partial charge in [-0.15, -0.1) is 11.3 Å². The number of nitrogens with one attached hydrogen (secondary N) is 2. The molecule has 5 heteroatoms. The van der Waals surface area contributed by atoms with E-state index in [-0.39, 0.29) is 5.91 Å². The first-order valence-corrected chi connectivity index (χ1v) is 7.10. The molecule has 2 heterocycles. The van der Waals surface area contributed by atoms with Gasteiger partial charge in [0.25, 0.3) is 5.91 Å². The summed E-state index contributed by atoms with van der Waals surface area (Å²) in [5, 5.41) is 6.75. The van der Waals surface area contributed by atoms with Crippen molar-refractivity contribution < 1.29 is 4.79 Å². The molecule has 1 aliphatic heterocycles. The van der Waals surface area contributed by atoms with Crippen molar-refractivity contribution in [1.82, 2.24) is 15.6 Å². The molecule has 1 unspecified atom stereocenters. The molecule has 0 radical (unpaired) electrons. The number of nitrogens with zero attached hydrogens (tertiary/aromatic N) is 1. The van der Waals surface area contributed by atoms with Crippen LogP contribution in [0.25, 0.3) is 0 Å². The molecule has 2 aliphatic rings. The Morgan fingerprint density at radius 3 is 3.12 bits per heavy atom. The Morgan fingerprint density at radius 1 is 1.59 bits per heavy atom. The summed E-state index contributed by atoms with van der Waals surface area (Å²) in [6.45, 7) is 1.02. The predicted molar refractivity (Wildman–Crippen MR) is 67.2 cm³/mol. The normalized spacial score (nSPS) is 26.5. The Hall–Kier alpha value is -0.940. The molecule has 1 aromatic rings. The van der Waals surface area contributed by atoms with E-state index in [2.05, 4.69) is 15.6 Å².